The Morgan fingerprint density at radius 1 is 1.42 bits per heavy atom. The minimum atomic E-state index is -0.576. The molecule has 2 rings (SSSR count). The van der Waals surface area contributed by atoms with Crippen LogP contribution in [0.15, 0.2) is 30.5 Å². The van der Waals surface area contributed by atoms with Gasteiger partial charge in [-0.1, -0.05) is 11.6 Å². The Balaban J connectivity index is 2.17. The van der Waals surface area contributed by atoms with Crippen LogP contribution in [0.3, 0.4) is 0 Å². The molecular formula is C12H10ClN3O3. The zero-order valence-corrected chi connectivity index (χ0v) is 10.8. The Morgan fingerprint density at radius 2 is 2.21 bits per heavy atom. The van der Waals surface area contributed by atoms with E-state index in [0.29, 0.717) is 16.4 Å². The molecule has 0 bridgehead atoms. The van der Waals surface area contributed by atoms with Crippen LogP contribution in [0, 0.1) is 17.0 Å². The van der Waals surface area contributed by atoms with E-state index < -0.39 is 4.92 Å². The maximum atomic E-state index is 10.9. The summed E-state index contributed by atoms with van der Waals surface area (Å²) in [4.78, 5) is 18.2. The zero-order valence-electron chi connectivity index (χ0n) is 10.0. The molecule has 0 spiro atoms. The SMILES string of the molecule is Cc1ccc(OCc2cc(Cl)ccn2)c([N+](=O)[O-])n1. The summed E-state index contributed by atoms with van der Waals surface area (Å²) in [5.74, 6) is -0.195. The van der Waals surface area contributed by atoms with E-state index in [1.807, 2.05) is 0 Å². The van der Waals surface area contributed by atoms with Gasteiger partial charge >= 0.3 is 5.82 Å². The third-order valence-electron chi connectivity index (χ3n) is 2.31. The second kappa shape index (κ2) is 5.62. The van der Waals surface area contributed by atoms with Crippen LogP contribution in [-0.2, 0) is 6.61 Å². The van der Waals surface area contributed by atoms with Crippen LogP contribution < -0.4 is 4.74 Å². The van der Waals surface area contributed by atoms with Gasteiger partial charge in [0.05, 0.1) is 5.69 Å². The van der Waals surface area contributed by atoms with Crippen LogP contribution in [0.5, 0.6) is 5.75 Å². The number of pyridine rings is 2. The van der Waals surface area contributed by atoms with E-state index in [1.165, 1.54) is 6.07 Å². The van der Waals surface area contributed by atoms with Crippen LogP contribution in [0.1, 0.15) is 11.4 Å². The molecule has 0 atom stereocenters. The van der Waals surface area contributed by atoms with Crippen LogP contribution in [0.4, 0.5) is 5.82 Å². The topological polar surface area (TPSA) is 78.2 Å². The molecule has 0 saturated heterocycles. The lowest BCUT2D eigenvalue weighted by Crippen LogP contribution is -2.02. The molecular weight excluding hydrogens is 270 g/mol. The van der Waals surface area contributed by atoms with E-state index in [9.17, 15) is 10.1 Å². The average Bonchev–Trinajstić information content (AvgIpc) is 2.37. The minimum Gasteiger partial charge on any atom is -0.479 e. The summed E-state index contributed by atoms with van der Waals surface area (Å²) in [6, 6.07) is 6.44. The molecule has 0 amide bonds. The number of ether oxygens (including phenoxy) is 1. The van der Waals surface area contributed by atoms with Crippen molar-refractivity contribution in [2.75, 3.05) is 0 Å². The highest BCUT2D eigenvalue weighted by Gasteiger charge is 2.17. The molecule has 2 aromatic rings. The molecule has 0 saturated carbocycles. The predicted molar refractivity (Wildman–Crippen MR) is 69.2 cm³/mol. The van der Waals surface area contributed by atoms with Gasteiger partial charge in [-0.15, -0.1) is 0 Å². The van der Waals surface area contributed by atoms with Crippen molar-refractivity contribution in [2.45, 2.75) is 13.5 Å². The highest BCUT2D eigenvalue weighted by Crippen LogP contribution is 2.25. The molecule has 0 aliphatic heterocycles. The van der Waals surface area contributed by atoms with E-state index in [2.05, 4.69) is 9.97 Å². The van der Waals surface area contributed by atoms with Gasteiger partial charge in [-0.2, -0.15) is 0 Å². The number of aryl methyl sites for hydroxylation is 1. The molecule has 0 aliphatic rings. The summed E-state index contributed by atoms with van der Waals surface area (Å²) in [6.07, 6.45) is 1.54. The molecule has 2 aromatic heterocycles. The van der Waals surface area contributed by atoms with E-state index in [4.69, 9.17) is 16.3 Å². The quantitative estimate of drug-likeness (QED) is 0.635. The fourth-order valence-electron chi connectivity index (χ4n) is 1.45. The molecule has 0 aliphatic carbocycles. The molecule has 0 radical (unpaired) electrons. The van der Waals surface area contributed by atoms with Gasteiger partial charge in [-0.25, -0.2) is 0 Å². The van der Waals surface area contributed by atoms with E-state index in [-0.39, 0.29) is 18.2 Å². The summed E-state index contributed by atoms with van der Waals surface area (Å²) < 4.78 is 5.37. The summed E-state index contributed by atoms with van der Waals surface area (Å²) in [7, 11) is 0. The molecule has 0 aromatic carbocycles. The zero-order chi connectivity index (χ0) is 13.8. The summed E-state index contributed by atoms with van der Waals surface area (Å²) >= 11 is 5.81. The molecule has 0 N–H and O–H groups in total. The standard InChI is InChI=1S/C12H10ClN3O3/c1-8-2-3-11(12(15-8)16(17)18)19-7-10-6-9(13)4-5-14-10/h2-6H,7H2,1H3. The van der Waals surface area contributed by atoms with Crippen molar-refractivity contribution in [3.63, 3.8) is 0 Å². The first-order valence-electron chi connectivity index (χ1n) is 5.41. The summed E-state index contributed by atoms with van der Waals surface area (Å²) in [5, 5.41) is 11.4. The number of nitrogens with zero attached hydrogens (tertiary/aromatic N) is 3. The first-order valence-corrected chi connectivity index (χ1v) is 5.79. The van der Waals surface area contributed by atoms with Crippen molar-refractivity contribution in [2.24, 2.45) is 0 Å². The first-order chi connectivity index (χ1) is 9.06. The number of hydrogen-bond acceptors (Lipinski definition) is 5. The Labute approximate surface area is 114 Å². The fourth-order valence-corrected chi connectivity index (χ4v) is 1.64. The van der Waals surface area contributed by atoms with Gasteiger partial charge in [0, 0.05) is 18.1 Å². The molecule has 6 nitrogen and oxygen atoms in total. The second-order valence-corrected chi connectivity index (χ2v) is 4.22. The average molecular weight is 280 g/mol. The molecule has 0 fully saturated rings. The van der Waals surface area contributed by atoms with Crippen molar-refractivity contribution in [1.29, 1.82) is 0 Å². The highest BCUT2D eigenvalue weighted by atomic mass is 35.5. The fraction of sp³-hybridized carbons (Fsp3) is 0.167. The first kappa shape index (κ1) is 13.2. The second-order valence-electron chi connectivity index (χ2n) is 3.79. The van der Waals surface area contributed by atoms with Crippen molar-refractivity contribution >= 4 is 17.4 Å². The molecule has 98 valence electrons. The molecule has 19 heavy (non-hydrogen) atoms. The Bertz CT molecular complexity index is 619. The smallest absolute Gasteiger partial charge is 0.406 e. The van der Waals surface area contributed by atoms with Gasteiger partial charge in [-0.3, -0.25) is 4.98 Å². The number of aromatic nitrogens is 2. The van der Waals surface area contributed by atoms with Gasteiger partial charge < -0.3 is 14.9 Å². The molecule has 0 unspecified atom stereocenters. The van der Waals surface area contributed by atoms with Crippen molar-refractivity contribution in [3.8, 4) is 5.75 Å². The van der Waals surface area contributed by atoms with E-state index >= 15 is 0 Å². The maximum absolute atomic E-state index is 10.9. The van der Waals surface area contributed by atoms with Crippen molar-refractivity contribution in [3.05, 3.63) is 57.0 Å². The Hall–Kier alpha value is -2.21. The Morgan fingerprint density at radius 3 is 2.89 bits per heavy atom. The van der Waals surface area contributed by atoms with Crippen molar-refractivity contribution < 1.29 is 9.66 Å². The lowest BCUT2D eigenvalue weighted by Gasteiger charge is -2.06. The predicted octanol–water partition coefficient (Wildman–Crippen LogP) is 2.93. The summed E-state index contributed by atoms with van der Waals surface area (Å²) in [5.41, 5.74) is 1.14. The number of halogens is 1. The van der Waals surface area contributed by atoms with Crippen LogP contribution in [0.2, 0.25) is 5.02 Å². The number of nitro groups is 1. The van der Waals surface area contributed by atoms with Gasteiger partial charge in [0.25, 0.3) is 0 Å². The van der Waals surface area contributed by atoms with Gasteiger partial charge in [0.1, 0.15) is 12.3 Å². The van der Waals surface area contributed by atoms with Crippen LogP contribution in [0.25, 0.3) is 0 Å². The third kappa shape index (κ3) is 3.38. The number of rotatable bonds is 4. The molecule has 7 heteroatoms. The number of hydrogen-bond donors (Lipinski definition) is 0. The van der Waals surface area contributed by atoms with Crippen LogP contribution in [-0.4, -0.2) is 14.9 Å². The minimum absolute atomic E-state index is 0.0894. The monoisotopic (exact) mass is 279 g/mol. The highest BCUT2D eigenvalue weighted by molar-refractivity contribution is 6.30. The normalized spacial score (nSPS) is 10.2. The maximum Gasteiger partial charge on any atom is 0.406 e. The van der Waals surface area contributed by atoms with E-state index in [0.717, 1.165) is 0 Å². The van der Waals surface area contributed by atoms with Gasteiger partial charge in [0.2, 0.25) is 5.75 Å². The van der Waals surface area contributed by atoms with Crippen LogP contribution >= 0.6 is 11.6 Å². The van der Waals surface area contributed by atoms with Gasteiger partial charge in [-0.05, 0) is 34.2 Å². The lowest BCUT2D eigenvalue weighted by atomic mass is 10.3. The lowest BCUT2D eigenvalue weighted by molar-refractivity contribution is -0.390. The Kier molecular flexibility index (Phi) is 3.91. The summed E-state index contributed by atoms with van der Waals surface area (Å²) in [6.45, 7) is 1.77. The largest absolute Gasteiger partial charge is 0.479 e. The van der Waals surface area contributed by atoms with Gasteiger partial charge in [0.15, 0.2) is 0 Å². The van der Waals surface area contributed by atoms with E-state index in [1.54, 1.807) is 31.3 Å². The van der Waals surface area contributed by atoms with Crippen molar-refractivity contribution in [1.82, 2.24) is 9.97 Å². The molecule has 2 heterocycles. The third-order valence-corrected chi connectivity index (χ3v) is 2.54.